The van der Waals surface area contributed by atoms with Crippen LogP contribution in [0.5, 0.6) is 0 Å². The van der Waals surface area contributed by atoms with Crippen LogP contribution in [0.3, 0.4) is 0 Å². The van der Waals surface area contributed by atoms with Crippen molar-refractivity contribution in [3.8, 4) is 0 Å². The van der Waals surface area contributed by atoms with Gasteiger partial charge in [0.15, 0.2) is 5.65 Å². The highest BCUT2D eigenvalue weighted by atomic mass is 32.2. The normalized spacial score (nSPS) is 12.3. The number of rotatable bonds is 9. The minimum Gasteiger partial charge on any atom is -0.462 e. The summed E-state index contributed by atoms with van der Waals surface area (Å²) in [6.07, 6.45) is 2.90. The molecule has 0 amide bonds. The smallest absolute Gasteiger partial charge is 0.311 e. The van der Waals surface area contributed by atoms with Crippen molar-refractivity contribution in [2.45, 2.75) is 59.4 Å². The van der Waals surface area contributed by atoms with Gasteiger partial charge in [-0.05, 0) is 47.8 Å². The van der Waals surface area contributed by atoms with Gasteiger partial charge < -0.3 is 19.1 Å². The summed E-state index contributed by atoms with van der Waals surface area (Å²) in [4.78, 5) is 39.8. The van der Waals surface area contributed by atoms with Gasteiger partial charge in [0.1, 0.15) is 36.6 Å². The topological polar surface area (TPSA) is 109 Å². The number of fused-ring (bicyclic) bond motifs is 1. The second-order valence-electron chi connectivity index (χ2n) is 9.93. The molecule has 0 fully saturated rings. The van der Waals surface area contributed by atoms with Crippen molar-refractivity contribution in [3.63, 3.8) is 0 Å². The van der Waals surface area contributed by atoms with Gasteiger partial charge in [-0.1, -0.05) is 0 Å². The summed E-state index contributed by atoms with van der Waals surface area (Å²) >= 11 is 1.49. The first kappa shape index (κ1) is 26.8. The van der Waals surface area contributed by atoms with E-state index in [1.807, 2.05) is 25.3 Å². The molecule has 2 heterocycles. The lowest BCUT2D eigenvalue weighted by atomic mass is 9.97. The molecule has 0 spiro atoms. The summed E-state index contributed by atoms with van der Waals surface area (Å²) in [6, 6.07) is 0. The van der Waals surface area contributed by atoms with E-state index in [1.165, 1.54) is 11.8 Å². The molecule has 0 atom stereocenters. The molecule has 0 unspecified atom stereocenters. The van der Waals surface area contributed by atoms with Gasteiger partial charge in [-0.15, -0.1) is 11.8 Å². The number of hydrogen-bond donors (Lipinski definition) is 0. The molecule has 0 aromatic carbocycles. The average Bonchev–Trinajstić information content (AvgIpc) is 3.13. The molecule has 0 N–H and O–H groups in total. The number of hydrogen-bond acceptors (Lipinski definition) is 10. The van der Waals surface area contributed by atoms with Crippen molar-refractivity contribution in [1.82, 2.24) is 19.5 Å². The number of thioether (sulfide) groups is 1. The van der Waals surface area contributed by atoms with E-state index < -0.39 is 16.9 Å². The first-order valence-electron chi connectivity index (χ1n) is 10.6. The summed E-state index contributed by atoms with van der Waals surface area (Å²) in [5.41, 5.74) is -0.0105. The second-order valence-corrected chi connectivity index (χ2v) is 10.7. The first-order chi connectivity index (χ1) is 15.2. The van der Waals surface area contributed by atoms with Gasteiger partial charge >= 0.3 is 11.9 Å². The molecular weight excluding hydrogens is 446 g/mol. The van der Waals surface area contributed by atoms with E-state index in [9.17, 15) is 9.59 Å². The van der Waals surface area contributed by atoms with Crippen molar-refractivity contribution in [2.75, 3.05) is 38.5 Å². The van der Waals surface area contributed by atoms with Crippen LogP contribution in [0.1, 0.15) is 41.5 Å². The number of aromatic nitrogens is 4. The number of anilines is 1. The Balaban J connectivity index is 2.19. The van der Waals surface area contributed by atoms with Gasteiger partial charge in [0, 0.05) is 14.1 Å². The van der Waals surface area contributed by atoms with Crippen LogP contribution in [-0.2, 0) is 30.5 Å². The number of carbonyl (C=O) groups is 2. The molecule has 11 heteroatoms. The van der Waals surface area contributed by atoms with Gasteiger partial charge in [0.2, 0.25) is 5.95 Å². The Labute approximate surface area is 199 Å². The predicted molar refractivity (Wildman–Crippen MR) is 127 cm³/mol. The van der Waals surface area contributed by atoms with E-state index in [4.69, 9.17) is 14.2 Å². The lowest BCUT2D eigenvalue weighted by Crippen LogP contribution is -2.34. The van der Waals surface area contributed by atoms with Gasteiger partial charge in [-0.25, -0.2) is 9.97 Å². The maximum Gasteiger partial charge on any atom is 0.311 e. The van der Waals surface area contributed by atoms with E-state index in [-0.39, 0.29) is 31.9 Å². The summed E-state index contributed by atoms with van der Waals surface area (Å²) in [7, 11) is 3.73. The van der Waals surface area contributed by atoms with Gasteiger partial charge in [0.25, 0.3) is 0 Å². The molecule has 33 heavy (non-hydrogen) atoms. The Bertz CT molecular complexity index is 948. The Kier molecular flexibility index (Phi) is 8.69. The predicted octanol–water partition coefficient (Wildman–Crippen LogP) is 3.14. The van der Waals surface area contributed by atoms with E-state index >= 15 is 0 Å². The van der Waals surface area contributed by atoms with Crippen molar-refractivity contribution in [3.05, 3.63) is 6.33 Å². The minimum absolute atomic E-state index is 0.0475. The zero-order chi connectivity index (χ0) is 25.0. The van der Waals surface area contributed by atoms with Gasteiger partial charge in [0.05, 0.1) is 17.2 Å². The Hall–Kier alpha value is -2.40. The van der Waals surface area contributed by atoms with Crippen molar-refractivity contribution >= 4 is 40.8 Å². The molecule has 2 rings (SSSR count). The minimum atomic E-state index is -0.657. The largest absolute Gasteiger partial charge is 0.462 e. The fourth-order valence-corrected chi connectivity index (χ4v) is 2.95. The Morgan fingerprint density at radius 3 is 2.03 bits per heavy atom. The Morgan fingerprint density at radius 1 is 1.03 bits per heavy atom. The average molecular weight is 482 g/mol. The molecule has 0 aliphatic carbocycles. The highest BCUT2D eigenvalue weighted by molar-refractivity contribution is 7.98. The van der Waals surface area contributed by atoms with Crippen LogP contribution in [0.2, 0.25) is 0 Å². The molecule has 0 radical (unpaired) electrons. The molecule has 10 nitrogen and oxygen atoms in total. The molecular formula is C22H35N5O5S. The third kappa shape index (κ3) is 7.29. The zero-order valence-corrected chi connectivity index (χ0v) is 21.8. The summed E-state index contributed by atoms with van der Waals surface area (Å²) in [6.45, 7) is 10.6. The third-order valence-corrected chi connectivity index (χ3v) is 5.16. The summed E-state index contributed by atoms with van der Waals surface area (Å²) in [5, 5.41) is 0.761. The van der Waals surface area contributed by atoms with Gasteiger partial charge in [-0.2, -0.15) is 4.98 Å². The molecule has 0 saturated heterocycles. The molecule has 0 bridgehead atoms. The zero-order valence-electron chi connectivity index (χ0n) is 21.0. The van der Waals surface area contributed by atoms with Crippen LogP contribution in [0.4, 0.5) is 5.95 Å². The molecule has 184 valence electrons. The van der Waals surface area contributed by atoms with E-state index in [0.717, 1.165) is 5.03 Å². The monoisotopic (exact) mass is 481 g/mol. The lowest BCUT2D eigenvalue weighted by molar-refractivity contribution is -0.166. The van der Waals surface area contributed by atoms with Crippen LogP contribution in [-0.4, -0.2) is 71.1 Å². The van der Waals surface area contributed by atoms with Crippen molar-refractivity contribution < 1.29 is 23.8 Å². The van der Waals surface area contributed by atoms with Gasteiger partial charge in [-0.3, -0.25) is 14.2 Å². The number of nitrogens with zero attached hydrogens (tertiary/aromatic N) is 5. The molecule has 2 aromatic heterocycles. The molecule has 0 aliphatic rings. The molecule has 0 aliphatic heterocycles. The summed E-state index contributed by atoms with van der Waals surface area (Å²) < 4.78 is 18.6. The van der Waals surface area contributed by atoms with Crippen LogP contribution in [0, 0.1) is 10.8 Å². The Morgan fingerprint density at radius 2 is 1.58 bits per heavy atom. The van der Waals surface area contributed by atoms with Crippen LogP contribution in [0.25, 0.3) is 11.2 Å². The number of imidazole rings is 1. The fraction of sp³-hybridized carbons (Fsp3) is 0.682. The summed E-state index contributed by atoms with van der Waals surface area (Å²) in [5.74, 6) is -0.165. The highest BCUT2D eigenvalue weighted by Crippen LogP contribution is 2.25. The van der Waals surface area contributed by atoms with Crippen LogP contribution >= 0.6 is 11.8 Å². The SMILES string of the molecule is CSc1nc(N(C)C)nc2c1ncn2COC(COC(=O)C(C)(C)C)COC(=O)C(C)(C)C. The van der Waals surface area contributed by atoms with Crippen LogP contribution in [0.15, 0.2) is 11.4 Å². The third-order valence-electron chi connectivity index (χ3n) is 4.49. The number of esters is 2. The number of carbonyl (C=O) groups excluding carboxylic acids is 2. The fourth-order valence-electron chi connectivity index (χ4n) is 2.44. The second kappa shape index (κ2) is 10.7. The van der Waals surface area contributed by atoms with Crippen LogP contribution < -0.4 is 4.90 Å². The first-order valence-corrected chi connectivity index (χ1v) is 11.9. The van der Waals surface area contributed by atoms with E-state index in [2.05, 4.69) is 15.0 Å². The maximum atomic E-state index is 12.2. The lowest BCUT2D eigenvalue weighted by Gasteiger charge is -2.23. The van der Waals surface area contributed by atoms with E-state index in [0.29, 0.717) is 17.1 Å². The molecule has 0 saturated carbocycles. The van der Waals surface area contributed by atoms with E-state index in [1.54, 1.807) is 52.4 Å². The standard InChI is InChI=1S/C22H35N5O5S/c1-21(2,3)18(28)30-10-14(11-31-19(29)22(4,5)6)32-13-27-12-23-15-16(27)24-20(26(7)8)25-17(15)33-9/h12,14H,10-11,13H2,1-9H3. The highest BCUT2D eigenvalue weighted by Gasteiger charge is 2.27. The van der Waals surface area contributed by atoms with Crippen molar-refractivity contribution in [1.29, 1.82) is 0 Å². The maximum absolute atomic E-state index is 12.2. The number of ether oxygens (including phenoxy) is 3. The quantitative estimate of drug-likeness (QED) is 0.301. The molecule has 2 aromatic rings. The van der Waals surface area contributed by atoms with Crippen molar-refractivity contribution in [2.24, 2.45) is 10.8 Å².